The number of ketones is 1. The van der Waals surface area contributed by atoms with Gasteiger partial charge in [0.25, 0.3) is 5.78 Å². The third-order valence-corrected chi connectivity index (χ3v) is 6.98. The molecule has 192 valence electrons. The van der Waals surface area contributed by atoms with E-state index in [9.17, 15) is 23.9 Å². The zero-order valence-electron chi connectivity index (χ0n) is 20.7. The highest BCUT2D eigenvalue weighted by atomic mass is 32.1. The summed E-state index contributed by atoms with van der Waals surface area (Å²) in [5.74, 6) is -2.73. The number of aromatic nitrogens is 1. The van der Waals surface area contributed by atoms with E-state index in [1.807, 2.05) is 6.92 Å². The molecule has 3 aromatic rings. The monoisotopic (exact) mass is 524 g/mol. The number of hydrogen-bond acceptors (Lipinski definition) is 8. The zero-order valence-corrected chi connectivity index (χ0v) is 21.5. The summed E-state index contributed by atoms with van der Waals surface area (Å²) in [6, 6.07) is 9.16. The van der Waals surface area contributed by atoms with Crippen LogP contribution in [0.4, 0.5) is 9.52 Å². The Morgan fingerprint density at radius 1 is 1.11 bits per heavy atom. The smallest absolute Gasteiger partial charge is 0.350 e. The number of ether oxygens (including phenoxy) is 2. The first-order valence-corrected chi connectivity index (χ1v) is 12.4. The van der Waals surface area contributed by atoms with Gasteiger partial charge in [-0.15, -0.1) is 0 Å². The van der Waals surface area contributed by atoms with Crippen molar-refractivity contribution >= 4 is 39.9 Å². The van der Waals surface area contributed by atoms with Crippen molar-refractivity contribution in [1.82, 2.24) is 4.98 Å². The van der Waals surface area contributed by atoms with Crippen LogP contribution in [0.1, 0.15) is 51.9 Å². The number of carbonyl (C=O) groups excluding carboxylic acids is 3. The molecule has 1 saturated heterocycles. The first kappa shape index (κ1) is 26.0. The highest BCUT2D eigenvalue weighted by Gasteiger charge is 2.48. The molecule has 1 aliphatic rings. The summed E-state index contributed by atoms with van der Waals surface area (Å²) in [5, 5.41) is 11.4. The van der Waals surface area contributed by atoms with Gasteiger partial charge in [-0.3, -0.25) is 14.5 Å². The number of carbonyl (C=O) groups is 3. The van der Waals surface area contributed by atoms with E-state index in [0.717, 1.165) is 16.2 Å². The van der Waals surface area contributed by atoms with Crippen molar-refractivity contribution in [3.8, 4) is 5.75 Å². The Labute approximate surface area is 217 Å². The van der Waals surface area contributed by atoms with Gasteiger partial charge in [0.05, 0.1) is 30.5 Å². The summed E-state index contributed by atoms with van der Waals surface area (Å²) in [6.45, 7) is 7.48. The van der Waals surface area contributed by atoms with E-state index in [0.29, 0.717) is 34.7 Å². The number of aryl methyl sites for hydroxylation is 2. The van der Waals surface area contributed by atoms with E-state index in [-0.39, 0.29) is 27.9 Å². The Hall–Kier alpha value is -4.05. The fourth-order valence-electron chi connectivity index (χ4n) is 4.16. The number of aliphatic hydroxyl groups is 1. The van der Waals surface area contributed by atoms with Gasteiger partial charge in [0, 0.05) is 5.56 Å². The molecule has 2 heterocycles. The Morgan fingerprint density at radius 3 is 2.43 bits per heavy atom. The van der Waals surface area contributed by atoms with E-state index < -0.39 is 29.5 Å². The molecule has 1 aliphatic heterocycles. The first-order chi connectivity index (χ1) is 17.7. The van der Waals surface area contributed by atoms with Gasteiger partial charge in [-0.1, -0.05) is 23.5 Å². The average Bonchev–Trinajstić information content (AvgIpc) is 3.36. The number of benzene rings is 2. The quantitative estimate of drug-likeness (QED) is 0.198. The van der Waals surface area contributed by atoms with Gasteiger partial charge in [-0.2, -0.15) is 0 Å². The van der Waals surface area contributed by atoms with Crippen LogP contribution in [-0.4, -0.2) is 41.0 Å². The second-order valence-electron chi connectivity index (χ2n) is 8.26. The summed E-state index contributed by atoms with van der Waals surface area (Å²) < 4.78 is 24.3. The number of amides is 1. The molecule has 37 heavy (non-hydrogen) atoms. The fraction of sp³-hybridized carbons (Fsp3) is 0.259. The predicted molar refractivity (Wildman–Crippen MR) is 136 cm³/mol. The van der Waals surface area contributed by atoms with Crippen LogP contribution in [0.3, 0.4) is 0 Å². The minimum absolute atomic E-state index is 0.0828. The second kappa shape index (κ2) is 10.5. The molecule has 1 atom stereocenters. The number of rotatable bonds is 7. The van der Waals surface area contributed by atoms with Gasteiger partial charge in [0.2, 0.25) is 0 Å². The summed E-state index contributed by atoms with van der Waals surface area (Å²) in [5.41, 5.74) is 1.52. The van der Waals surface area contributed by atoms with Gasteiger partial charge in [0.1, 0.15) is 22.2 Å². The van der Waals surface area contributed by atoms with E-state index >= 15 is 0 Å². The molecule has 4 rings (SSSR count). The summed E-state index contributed by atoms with van der Waals surface area (Å²) in [6.07, 6.45) is 0. The lowest BCUT2D eigenvalue weighted by molar-refractivity contribution is -0.132. The van der Waals surface area contributed by atoms with Crippen LogP contribution in [0, 0.1) is 19.7 Å². The third-order valence-electron chi connectivity index (χ3n) is 5.85. The second-order valence-corrected chi connectivity index (χ2v) is 9.24. The molecule has 2 aromatic carbocycles. The van der Waals surface area contributed by atoms with E-state index in [4.69, 9.17) is 9.47 Å². The SMILES string of the molecule is CCOC(=O)c1sc(N2C(=O)C(=O)C(=C(O)c3ccc(OCC)cc3C)[C@H]2c2ccc(F)cc2)nc1C. The van der Waals surface area contributed by atoms with E-state index in [2.05, 4.69) is 4.98 Å². The number of esters is 1. The molecule has 8 nitrogen and oxygen atoms in total. The number of halogens is 1. The lowest BCUT2D eigenvalue weighted by Gasteiger charge is -2.23. The Bertz CT molecular complexity index is 1410. The molecule has 1 fully saturated rings. The minimum Gasteiger partial charge on any atom is -0.507 e. The first-order valence-electron chi connectivity index (χ1n) is 11.6. The molecular weight excluding hydrogens is 499 g/mol. The van der Waals surface area contributed by atoms with Crippen LogP contribution in [-0.2, 0) is 14.3 Å². The molecule has 0 saturated carbocycles. The summed E-state index contributed by atoms with van der Waals surface area (Å²) in [7, 11) is 0. The lowest BCUT2D eigenvalue weighted by Crippen LogP contribution is -2.29. The maximum absolute atomic E-state index is 13.8. The van der Waals surface area contributed by atoms with Gasteiger partial charge in [-0.25, -0.2) is 14.2 Å². The number of anilines is 1. The standard InChI is InChI=1S/C27H25FN2O6S/c1-5-35-18-11-12-19(14(3)13-18)22(31)20-21(16-7-9-17(28)10-8-16)30(25(33)23(20)32)27-29-15(4)24(37-27)26(34)36-6-2/h7-13,21,31H,5-6H2,1-4H3/t21-/m1/s1. The van der Waals surface area contributed by atoms with Crippen LogP contribution in [0.2, 0.25) is 0 Å². The van der Waals surface area contributed by atoms with Crippen LogP contribution in [0.15, 0.2) is 48.0 Å². The number of aliphatic hydroxyl groups excluding tert-OH is 1. The van der Waals surface area contributed by atoms with E-state index in [1.54, 1.807) is 39.0 Å². The number of nitrogens with zero attached hydrogens (tertiary/aromatic N) is 2. The van der Waals surface area contributed by atoms with Gasteiger partial charge < -0.3 is 14.6 Å². The molecule has 1 aromatic heterocycles. The van der Waals surface area contributed by atoms with Crippen molar-refractivity contribution in [2.45, 2.75) is 33.7 Å². The zero-order chi connectivity index (χ0) is 26.9. The number of thiazole rings is 1. The highest BCUT2D eigenvalue weighted by Crippen LogP contribution is 2.44. The molecule has 0 unspecified atom stereocenters. The van der Waals surface area contributed by atoms with Gasteiger partial charge >= 0.3 is 11.9 Å². The number of hydrogen-bond donors (Lipinski definition) is 1. The number of Topliss-reactive ketones (excluding diaryl/α,β-unsaturated/α-hetero) is 1. The van der Waals surface area contributed by atoms with Gasteiger partial charge in [0.15, 0.2) is 5.13 Å². The maximum Gasteiger partial charge on any atom is 0.350 e. The van der Waals surface area contributed by atoms with Crippen molar-refractivity contribution < 1.29 is 33.4 Å². The normalized spacial score (nSPS) is 16.8. The summed E-state index contributed by atoms with van der Waals surface area (Å²) in [4.78, 5) is 44.7. The van der Waals surface area contributed by atoms with Crippen molar-refractivity contribution in [1.29, 1.82) is 0 Å². The van der Waals surface area contributed by atoms with Crippen LogP contribution >= 0.6 is 11.3 Å². The van der Waals surface area contributed by atoms with E-state index in [1.165, 1.54) is 24.3 Å². The Kier molecular flexibility index (Phi) is 7.40. The van der Waals surface area contributed by atoms with Crippen molar-refractivity contribution in [3.05, 3.63) is 81.1 Å². The molecular formula is C27H25FN2O6S. The maximum atomic E-state index is 13.8. The molecule has 0 spiro atoms. The van der Waals surface area contributed by atoms with Crippen LogP contribution < -0.4 is 9.64 Å². The Balaban J connectivity index is 1.90. The molecule has 0 bridgehead atoms. The predicted octanol–water partition coefficient (Wildman–Crippen LogP) is 5.10. The summed E-state index contributed by atoms with van der Waals surface area (Å²) >= 11 is 0.905. The van der Waals surface area contributed by atoms with Crippen molar-refractivity contribution in [3.63, 3.8) is 0 Å². The van der Waals surface area contributed by atoms with Crippen LogP contribution in [0.25, 0.3) is 5.76 Å². The van der Waals surface area contributed by atoms with Crippen molar-refractivity contribution in [2.75, 3.05) is 18.1 Å². The lowest BCUT2D eigenvalue weighted by atomic mass is 9.94. The molecule has 0 aliphatic carbocycles. The topological polar surface area (TPSA) is 106 Å². The highest BCUT2D eigenvalue weighted by molar-refractivity contribution is 7.17. The molecule has 0 radical (unpaired) electrons. The largest absolute Gasteiger partial charge is 0.507 e. The van der Waals surface area contributed by atoms with Crippen molar-refractivity contribution in [2.24, 2.45) is 0 Å². The van der Waals surface area contributed by atoms with Crippen LogP contribution in [0.5, 0.6) is 5.75 Å². The Morgan fingerprint density at radius 2 is 1.81 bits per heavy atom. The average molecular weight is 525 g/mol. The van der Waals surface area contributed by atoms with Gasteiger partial charge in [-0.05, 0) is 69.2 Å². The third kappa shape index (κ3) is 4.84. The molecule has 10 heteroatoms. The molecule has 1 N–H and O–H groups in total. The molecule has 1 amide bonds. The minimum atomic E-state index is -1.10. The fourth-order valence-corrected chi connectivity index (χ4v) is 5.15.